The number of hydrogen-bond acceptors (Lipinski definition) is 6. The van der Waals surface area contributed by atoms with Crippen molar-refractivity contribution in [2.45, 2.75) is 60.0 Å². The van der Waals surface area contributed by atoms with Gasteiger partial charge in [0.15, 0.2) is 5.78 Å². The normalized spacial score (nSPS) is 12.2. The van der Waals surface area contributed by atoms with Gasteiger partial charge in [0.05, 0.1) is 26.4 Å². The van der Waals surface area contributed by atoms with Crippen LogP contribution in [0, 0.1) is 5.92 Å². The summed E-state index contributed by atoms with van der Waals surface area (Å²) < 4.78 is 10.7. The van der Waals surface area contributed by atoms with Crippen LogP contribution in [0.2, 0.25) is 0 Å². The molecular formula is C20H41N3O4. The molecule has 0 aliphatic heterocycles. The first-order chi connectivity index (χ1) is 12.5. The fraction of sp³-hybridized carbons (Fsp3) is 0.900. The van der Waals surface area contributed by atoms with E-state index in [1.165, 1.54) is 0 Å². The first-order valence-electron chi connectivity index (χ1n) is 9.97. The minimum atomic E-state index is -0.00391. The van der Waals surface area contributed by atoms with Gasteiger partial charge in [-0.05, 0) is 34.6 Å². The molecule has 0 saturated heterocycles. The Bertz CT molecular complexity index is 420. The predicted octanol–water partition coefficient (Wildman–Crippen LogP) is 1.46. The zero-order valence-electron chi connectivity index (χ0n) is 18.4. The third kappa shape index (κ3) is 15.7. The molecule has 0 saturated carbocycles. The number of carbonyl (C=O) groups is 2. The highest BCUT2D eigenvalue weighted by Crippen LogP contribution is 2.00. The van der Waals surface area contributed by atoms with Gasteiger partial charge < -0.3 is 20.1 Å². The number of Topliss-reactive ketones (excluding diaryl/α,β-unsaturated/α-hetero) is 1. The molecule has 0 bridgehead atoms. The van der Waals surface area contributed by atoms with Gasteiger partial charge in [-0.2, -0.15) is 0 Å². The van der Waals surface area contributed by atoms with Crippen LogP contribution in [0.5, 0.6) is 0 Å². The molecule has 1 amide bonds. The standard InChI is InChI=1S/C20H41N3O4/c1-16(2)18(24)15-27-13-12-26-11-9-21-19(25)14-23(17(3)4)10-8-22-20(5,6)7/h16-17,22H,8-15H2,1-7H3,(H,21,25). The molecule has 2 N–H and O–H groups in total. The summed E-state index contributed by atoms with van der Waals surface area (Å²) in [6, 6.07) is 0.305. The maximum atomic E-state index is 12.1. The molecule has 7 nitrogen and oxygen atoms in total. The van der Waals surface area contributed by atoms with Gasteiger partial charge in [-0.25, -0.2) is 0 Å². The molecule has 0 aromatic heterocycles. The summed E-state index contributed by atoms with van der Waals surface area (Å²) in [7, 11) is 0. The van der Waals surface area contributed by atoms with Crippen molar-refractivity contribution in [3.63, 3.8) is 0 Å². The number of nitrogens with one attached hydrogen (secondary N) is 2. The van der Waals surface area contributed by atoms with Crippen LogP contribution in [0.15, 0.2) is 0 Å². The van der Waals surface area contributed by atoms with E-state index in [1.54, 1.807) is 0 Å². The van der Waals surface area contributed by atoms with E-state index < -0.39 is 0 Å². The van der Waals surface area contributed by atoms with Crippen LogP contribution in [-0.4, -0.2) is 80.8 Å². The first kappa shape index (κ1) is 26.0. The largest absolute Gasteiger partial charge is 0.377 e. The highest BCUT2D eigenvalue weighted by molar-refractivity contribution is 5.81. The Morgan fingerprint density at radius 3 is 2.15 bits per heavy atom. The second-order valence-electron chi connectivity index (χ2n) is 8.38. The summed E-state index contributed by atoms with van der Waals surface area (Å²) in [6.45, 7) is 18.2. The van der Waals surface area contributed by atoms with E-state index in [2.05, 4.69) is 50.2 Å². The van der Waals surface area contributed by atoms with E-state index in [0.29, 0.717) is 39.0 Å². The van der Waals surface area contributed by atoms with Gasteiger partial charge in [-0.3, -0.25) is 14.5 Å². The van der Waals surface area contributed by atoms with Crippen molar-refractivity contribution in [3.05, 3.63) is 0 Å². The minimum Gasteiger partial charge on any atom is -0.377 e. The molecule has 27 heavy (non-hydrogen) atoms. The Balaban J connectivity index is 3.79. The van der Waals surface area contributed by atoms with Crippen molar-refractivity contribution < 1.29 is 19.1 Å². The molecule has 0 aromatic rings. The van der Waals surface area contributed by atoms with Crippen LogP contribution in [0.3, 0.4) is 0 Å². The summed E-state index contributed by atoms with van der Waals surface area (Å²) >= 11 is 0. The van der Waals surface area contributed by atoms with E-state index in [9.17, 15) is 9.59 Å². The average molecular weight is 388 g/mol. The molecular weight excluding hydrogens is 346 g/mol. The predicted molar refractivity (Wildman–Crippen MR) is 109 cm³/mol. The molecule has 7 heteroatoms. The van der Waals surface area contributed by atoms with Gasteiger partial charge in [0.1, 0.15) is 6.61 Å². The third-order valence-electron chi connectivity index (χ3n) is 3.96. The molecule has 160 valence electrons. The fourth-order valence-electron chi connectivity index (χ4n) is 2.16. The molecule has 0 aliphatic carbocycles. The number of ketones is 1. The lowest BCUT2D eigenvalue weighted by Gasteiger charge is -2.28. The average Bonchev–Trinajstić information content (AvgIpc) is 2.54. The fourth-order valence-corrected chi connectivity index (χ4v) is 2.16. The van der Waals surface area contributed by atoms with Gasteiger partial charge in [-0.1, -0.05) is 13.8 Å². The van der Waals surface area contributed by atoms with Gasteiger partial charge in [0.25, 0.3) is 0 Å². The van der Waals surface area contributed by atoms with E-state index in [-0.39, 0.29) is 29.8 Å². The quantitative estimate of drug-likeness (QED) is 0.414. The van der Waals surface area contributed by atoms with Crippen LogP contribution in [0.4, 0.5) is 0 Å². The van der Waals surface area contributed by atoms with Gasteiger partial charge in [0.2, 0.25) is 5.91 Å². The molecule has 0 radical (unpaired) electrons. The lowest BCUT2D eigenvalue weighted by atomic mass is 10.1. The zero-order valence-corrected chi connectivity index (χ0v) is 18.4. The van der Waals surface area contributed by atoms with Crippen molar-refractivity contribution in [1.29, 1.82) is 0 Å². The van der Waals surface area contributed by atoms with Crippen molar-refractivity contribution in [2.75, 3.05) is 52.6 Å². The Kier molecular flexibility index (Phi) is 13.5. The third-order valence-corrected chi connectivity index (χ3v) is 3.96. The summed E-state index contributed by atoms with van der Waals surface area (Å²) in [5.41, 5.74) is 0.0774. The second kappa shape index (κ2) is 14.0. The Hall–Kier alpha value is -1.02. The SMILES string of the molecule is CC(C)C(=O)COCCOCCNC(=O)CN(CCNC(C)(C)C)C(C)C. The van der Waals surface area contributed by atoms with Crippen molar-refractivity contribution in [2.24, 2.45) is 5.92 Å². The molecule has 0 heterocycles. The van der Waals surface area contributed by atoms with E-state index in [1.807, 2.05) is 13.8 Å². The zero-order chi connectivity index (χ0) is 20.9. The number of nitrogens with zero attached hydrogens (tertiary/aromatic N) is 1. The highest BCUT2D eigenvalue weighted by atomic mass is 16.5. The highest BCUT2D eigenvalue weighted by Gasteiger charge is 2.15. The number of hydrogen-bond donors (Lipinski definition) is 2. The maximum Gasteiger partial charge on any atom is 0.234 e. The van der Waals surface area contributed by atoms with Crippen molar-refractivity contribution in [3.8, 4) is 0 Å². The van der Waals surface area contributed by atoms with E-state index >= 15 is 0 Å². The van der Waals surface area contributed by atoms with Gasteiger partial charge in [0, 0.05) is 37.1 Å². The number of carbonyl (C=O) groups excluding carboxylic acids is 2. The molecule has 0 rings (SSSR count). The monoisotopic (exact) mass is 387 g/mol. The molecule has 0 unspecified atom stereocenters. The maximum absolute atomic E-state index is 12.1. The Morgan fingerprint density at radius 1 is 0.963 bits per heavy atom. The van der Waals surface area contributed by atoms with Crippen LogP contribution < -0.4 is 10.6 Å². The first-order valence-corrected chi connectivity index (χ1v) is 9.97. The van der Waals surface area contributed by atoms with Crippen LogP contribution in [0.25, 0.3) is 0 Å². The van der Waals surface area contributed by atoms with Crippen molar-refractivity contribution >= 4 is 11.7 Å². The lowest BCUT2D eigenvalue weighted by molar-refractivity contribution is -0.127. The minimum absolute atomic E-state index is 0.00170. The summed E-state index contributed by atoms with van der Waals surface area (Å²) in [6.07, 6.45) is 0. The molecule has 0 atom stereocenters. The smallest absolute Gasteiger partial charge is 0.234 e. The Morgan fingerprint density at radius 2 is 1.59 bits per heavy atom. The topological polar surface area (TPSA) is 79.9 Å². The number of amides is 1. The summed E-state index contributed by atoms with van der Waals surface area (Å²) in [5, 5.41) is 6.32. The molecule has 0 spiro atoms. The molecule has 0 aliphatic rings. The summed E-state index contributed by atoms with van der Waals surface area (Å²) in [5.74, 6) is 0.0901. The number of rotatable bonds is 15. The van der Waals surface area contributed by atoms with E-state index in [0.717, 1.165) is 13.1 Å². The molecule has 0 aromatic carbocycles. The molecule has 0 fully saturated rings. The van der Waals surface area contributed by atoms with Crippen LogP contribution in [0.1, 0.15) is 48.5 Å². The lowest BCUT2D eigenvalue weighted by Crippen LogP contribution is -2.46. The van der Waals surface area contributed by atoms with Gasteiger partial charge in [-0.15, -0.1) is 0 Å². The number of ether oxygens (including phenoxy) is 2. The second-order valence-corrected chi connectivity index (χ2v) is 8.38. The summed E-state index contributed by atoms with van der Waals surface area (Å²) in [4.78, 5) is 25.6. The van der Waals surface area contributed by atoms with Crippen LogP contribution in [-0.2, 0) is 19.1 Å². The van der Waals surface area contributed by atoms with Crippen LogP contribution >= 0.6 is 0 Å². The van der Waals surface area contributed by atoms with Crippen molar-refractivity contribution in [1.82, 2.24) is 15.5 Å². The Labute approximate surface area is 165 Å². The van der Waals surface area contributed by atoms with E-state index in [4.69, 9.17) is 9.47 Å². The van der Waals surface area contributed by atoms with Gasteiger partial charge >= 0.3 is 0 Å².